The van der Waals surface area contributed by atoms with Crippen molar-refractivity contribution in [2.45, 2.75) is 53.0 Å². The summed E-state index contributed by atoms with van der Waals surface area (Å²) in [5.74, 6) is 1.35. The first-order valence-corrected chi connectivity index (χ1v) is 6.87. The molecule has 0 aliphatic heterocycles. The van der Waals surface area contributed by atoms with E-state index in [9.17, 15) is 4.79 Å². The normalized spacial score (nSPS) is 27.4. The van der Waals surface area contributed by atoms with Crippen molar-refractivity contribution in [2.75, 3.05) is 0 Å². The Bertz CT molecular complexity index is 419. The van der Waals surface area contributed by atoms with Crippen LogP contribution in [0.2, 0.25) is 0 Å². The number of aromatic amines is 1. The number of H-pyrrole nitrogens is 1. The molecule has 0 saturated heterocycles. The molecule has 4 nitrogen and oxygen atoms in total. The molecule has 100 valence electrons. The number of carbonyl (C=O) groups is 1. The molecule has 2 N–H and O–H groups in total. The van der Waals surface area contributed by atoms with E-state index in [0.29, 0.717) is 17.5 Å². The third-order valence-corrected chi connectivity index (χ3v) is 4.42. The van der Waals surface area contributed by atoms with Gasteiger partial charge in [-0.3, -0.25) is 9.89 Å². The van der Waals surface area contributed by atoms with E-state index in [0.717, 1.165) is 23.7 Å². The number of carbonyl (C=O) groups excluding carboxylic acids is 1. The molecule has 18 heavy (non-hydrogen) atoms. The van der Waals surface area contributed by atoms with E-state index in [4.69, 9.17) is 0 Å². The lowest BCUT2D eigenvalue weighted by Gasteiger charge is -2.21. The molecule has 2 rings (SSSR count). The molecule has 0 radical (unpaired) electrons. The van der Waals surface area contributed by atoms with Crippen molar-refractivity contribution >= 4 is 5.91 Å². The zero-order valence-corrected chi connectivity index (χ0v) is 11.7. The standard InChI is InChI=1S/C14H23N3O/c1-5-11-6-7-12(8(11)2)15-14(18)13-9(3)16-17-10(13)4/h8,11-12H,5-7H2,1-4H3,(H,15,18)(H,16,17). The Morgan fingerprint density at radius 2 is 2.17 bits per heavy atom. The van der Waals surface area contributed by atoms with Crippen LogP contribution in [0, 0.1) is 25.7 Å². The van der Waals surface area contributed by atoms with E-state index < -0.39 is 0 Å². The Hall–Kier alpha value is -1.32. The van der Waals surface area contributed by atoms with Crippen LogP contribution >= 0.6 is 0 Å². The molecular weight excluding hydrogens is 226 g/mol. The lowest BCUT2D eigenvalue weighted by molar-refractivity contribution is 0.0925. The fourth-order valence-corrected chi connectivity index (χ4v) is 3.15. The van der Waals surface area contributed by atoms with Gasteiger partial charge in [0.05, 0.1) is 11.3 Å². The fourth-order valence-electron chi connectivity index (χ4n) is 3.15. The van der Waals surface area contributed by atoms with E-state index in [1.54, 1.807) is 0 Å². The van der Waals surface area contributed by atoms with Gasteiger partial charge in [0.25, 0.3) is 5.91 Å². The summed E-state index contributed by atoms with van der Waals surface area (Å²) in [7, 11) is 0. The van der Waals surface area contributed by atoms with Crippen molar-refractivity contribution in [3.05, 3.63) is 17.0 Å². The highest BCUT2D eigenvalue weighted by Gasteiger charge is 2.33. The number of aromatic nitrogens is 2. The van der Waals surface area contributed by atoms with Gasteiger partial charge in [-0.25, -0.2) is 0 Å². The van der Waals surface area contributed by atoms with E-state index in [2.05, 4.69) is 29.4 Å². The van der Waals surface area contributed by atoms with Crippen molar-refractivity contribution in [2.24, 2.45) is 11.8 Å². The number of nitrogens with one attached hydrogen (secondary N) is 2. The van der Waals surface area contributed by atoms with Gasteiger partial charge in [-0.15, -0.1) is 0 Å². The van der Waals surface area contributed by atoms with E-state index >= 15 is 0 Å². The van der Waals surface area contributed by atoms with Gasteiger partial charge in [-0.1, -0.05) is 20.3 Å². The Labute approximate surface area is 109 Å². The molecule has 1 saturated carbocycles. The quantitative estimate of drug-likeness (QED) is 0.865. The van der Waals surface area contributed by atoms with Crippen LogP contribution in [0.4, 0.5) is 0 Å². The molecule has 0 spiro atoms. The maximum Gasteiger partial charge on any atom is 0.255 e. The molecular formula is C14H23N3O. The van der Waals surface area contributed by atoms with Crippen LogP contribution in [-0.4, -0.2) is 22.1 Å². The molecule has 1 heterocycles. The van der Waals surface area contributed by atoms with Crippen molar-refractivity contribution in [3.63, 3.8) is 0 Å². The van der Waals surface area contributed by atoms with Gasteiger partial charge in [0.15, 0.2) is 0 Å². The molecule has 3 atom stereocenters. The van der Waals surface area contributed by atoms with Crippen LogP contribution < -0.4 is 5.32 Å². The average Bonchev–Trinajstić information content (AvgIpc) is 2.84. The molecule has 1 aliphatic carbocycles. The first-order valence-electron chi connectivity index (χ1n) is 6.87. The topological polar surface area (TPSA) is 57.8 Å². The van der Waals surface area contributed by atoms with Gasteiger partial charge in [-0.2, -0.15) is 5.10 Å². The molecule has 1 amide bonds. The Balaban J connectivity index is 2.05. The Morgan fingerprint density at radius 1 is 1.44 bits per heavy atom. The highest BCUT2D eigenvalue weighted by molar-refractivity contribution is 5.96. The molecule has 1 aromatic rings. The minimum atomic E-state index is 0.0207. The zero-order chi connectivity index (χ0) is 13.3. The molecule has 0 bridgehead atoms. The maximum absolute atomic E-state index is 12.3. The Morgan fingerprint density at radius 3 is 2.67 bits per heavy atom. The molecule has 4 heteroatoms. The largest absolute Gasteiger partial charge is 0.349 e. The van der Waals surface area contributed by atoms with Crippen molar-refractivity contribution < 1.29 is 4.79 Å². The van der Waals surface area contributed by atoms with Crippen LogP contribution in [0.25, 0.3) is 0 Å². The minimum Gasteiger partial charge on any atom is -0.349 e. The molecule has 3 unspecified atom stereocenters. The van der Waals surface area contributed by atoms with E-state index in [-0.39, 0.29) is 5.91 Å². The summed E-state index contributed by atoms with van der Waals surface area (Å²) in [6.45, 7) is 8.24. The first-order chi connectivity index (χ1) is 8.54. The summed E-state index contributed by atoms with van der Waals surface area (Å²) in [6.07, 6.45) is 3.53. The second kappa shape index (κ2) is 5.12. The summed E-state index contributed by atoms with van der Waals surface area (Å²) in [5, 5.41) is 10.1. The SMILES string of the molecule is CCC1CCC(NC(=O)c2c(C)n[nH]c2C)C1C. The third kappa shape index (κ3) is 2.28. The van der Waals surface area contributed by atoms with Crippen LogP contribution in [-0.2, 0) is 0 Å². The summed E-state index contributed by atoms with van der Waals surface area (Å²) >= 11 is 0. The van der Waals surface area contributed by atoms with Gasteiger partial charge in [-0.05, 0) is 38.5 Å². The van der Waals surface area contributed by atoms with Gasteiger partial charge in [0.1, 0.15) is 0 Å². The maximum atomic E-state index is 12.3. The summed E-state index contributed by atoms with van der Waals surface area (Å²) in [5.41, 5.74) is 2.34. The third-order valence-electron chi connectivity index (χ3n) is 4.42. The monoisotopic (exact) mass is 249 g/mol. The van der Waals surface area contributed by atoms with Gasteiger partial charge in [0.2, 0.25) is 0 Å². The van der Waals surface area contributed by atoms with E-state index in [1.807, 2.05) is 13.8 Å². The number of amides is 1. The van der Waals surface area contributed by atoms with Gasteiger partial charge in [0, 0.05) is 11.7 Å². The average molecular weight is 249 g/mol. The highest BCUT2D eigenvalue weighted by atomic mass is 16.1. The van der Waals surface area contributed by atoms with Crippen LogP contribution in [0.15, 0.2) is 0 Å². The Kier molecular flexibility index (Phi) is 3.73. The smallest absolute Gasteiger partial charge is 0.255 e. The zero-order valence-electron chi connectivity index (χ0n) is 11.7. The minimum absolute atomic E-state index is 0.0207. The van der Waals surface area contributed by atoms with Crippen LogP contribution in [0.5, 0.6) is 0 Å². The molecule has 1 aromatic heterocycles. The van der Waals surface area contributed by atoms with Crippen molar-refractivity contribution in [1.82, 2.24) is 15.5 Å². The second-order valence-electron chi connectivity index (χ2n) is 5.49. The summed E-state index contributed by atoms with van der Waals surface area (Å²) in [4.78, 5) is 12.3. The number of hydrogen-bond donors (Lipinski definition) is 2. The van der Waals surface area contributed by atoms with Gasteiger partial charge >= 0.3 is 0 Å². The summed E-state index contributed by atoms with van der Waals surface area (Å²) in [6, 6.07) is 0.316. The van der Waals surface area contributed by atoms with E-state index in [1.165, 1.54) is 12.8 Å². The predicted octanol–water partition coefficient (Wildman–Crippen LogP) is 2.58. The summed E-state index contributed by atoms with van der Waals surface area (Å²) < 4.78 is 0. The van der Waals surface area contributed by atoms with Crippen LogP contribution in [0.3, 0.4) is 0 Å². The lowest BCUT2D eigenvalue weighted by Crippen LogP contribution is -2.37. The van der Waals surface area contributed by atoms with Crippen molar-refractivity contribution in [3.8, 4) is 0 Å². The number of aryl methyl sites for hydroxylation is 2. The number of rotatable bonds is 3. The predicted molar refractivity (Wildman–Crippen MR) is 71.5 cm³/mol. The number of nitrogens with zero attached hydrogens (tertiary/aromatic N) is 1. The van der Waals surface area contributed by atoms with Gasteiger partial charge < -0.3 is 5.32 Å². The molecule has 1 fully saturated rings. The lowest BCUT2D eigenvalue weighted by atomic mass is 9.93. The highest BCUT2D eigenvalue weighted by Crippen LogP contribution is 2.34. The molecule has 0 aromatic carbocycles. The second-order valence-corrected chi connectivity index (χ2v) is 5.49. The number of hydrogen-bond acceptors (Lipinski definition) is 2. The molecule has 1 aliphatic rings. The first kappa shape index (κ1) is 13.1. The fraction of sp³-hybridized carbons (Fsp3) is 0.714. The van der Waals surface area contributed by atoms with Crippen LogP contribution in [0.1, 0.15) is 54.9 Å². The van der Waals surface area contributed by atoms with Crippen molar-refractivity contribution in [1.29, 1.82) is 0 Å².